The Morgan fingerprint density at radius 1 is 0.907 bits per heavy atom. The van der Waals surface area contributed by atoms with Crippen LogP contribution in [0.3, 0.4) is 0 Å². The first-order valence-corrected chi connectivity index (χ1v) is 14.3. The van der Waals surface area contributed by atoms with E-state index >= 15 is 0 Å². The van der Waals surface area contributed by atoms with Gasteiger partial charge in [-0.1, -0.05) is 48.5 Å². The molecule has 1 aliphatic heterocycles. The second-order valence-corrected chi connectivity index (χ2v) is 11.5. The fourth-order valence-corrected chi connectivity index (χ4v) is 6.35. The zero-order chi connectivity index (χ0) is 31.3. The van der Waals surface area contributed by atoms with Crippen LogP contribution in [0.4, 0.5) is 11.4 Å². The lowest BCUT2D eigenvalue weighted by Gasteiger charge is -2.30. The largest absolute Gasteiger partial charge is 0.481 e. The second kappa shape index (κ2) is 12.7. The molecule has 4 rings (SSSR count). The van der Waals surface area contributed by atoms with Crippen LogP contribution in [0.2, 0.25) is 0 Å². The SMILES string of the molecule is O=C(O)CC(NC(=O)C1N(C(=O)c2cccc([N+](=O)[O-])c2)CCN1S(=O)(=O)Cc1ccccc1)c1cccc([N+](=O)[O-])c1. The summed E-state index contributed by atoms with van der Waals surface area (Å²) in [6, 6.07) is 16.4. The predicted octanol–water partition coefficient (Wildman–Crippen LogP) is 2.45. The summed E-state index contributed by atoms with van der Waals surface area (Å²) in [5, 5.41) is 34.5. The van der Waals surface area contributed by atoms with Gasteiger partial charge < -0.3 is 15.3 Å². The molecule has 0 aliphatic carbocycles. The minimum Gasteiger partial charge on any atom is -0.481 e. The lowest BCUT2D eigenvalue weighted by molar-refractivity contribution is -0.385. The first kappa shape index (κ1) is 30.7. The van der Waals surface area contributed by atoms with Gasteiger partial charge in [-0.2, -0.15) is 4.31 Å². The van der Waals surface area contributed by atoms with Crippen molar-refractivity contribution < 1.29 is 37.8 Å². The van der Waals surface area contributed by atoms with Crippen molar-refractivity contribution >= 4 is 39.2 Å². The Kier molecular flexibility index (Phi) is 9.11. The third kappa shape index (κ3) is 7.17. The number of sulfonamides is 1. The van der Waals surface area contributed by atoms with Crippen molar-refractivity contribution in [2.75, 3.05) is 13.1 Å². The van der Waals surface area contributed by atoms with Gasteiger partial charge in [0.2, 0.25) is 10.0 Å². The van der Waals surface area contributed by atoms with Gasteiger partial charge in [0.05, 0.1) is 28.1 Å². The first-order chi connectivity index (χ1) is 20.4. The van der Waals surface area contributed by atoms with Crippen molar-refractivity contribution in [3.05, 3.63) is 116 Å². The van der Waals surface area contributed by atoms with Crippen molar-refractivity contribution in [1.29, 1.82) is 0 Å². The van der Waals surface area contributed by atoms with E-state index in [1.165, 1.54) is 30.3 Å². The van der Waals surface area contributed by atoms with Gasteiger partial charge in [-0.15, -0.1) is 0 Å². The molecular formula is C27H25N5O10S. The maximum absolute atomic E-state index is 13.8. The highest BCUT2D eigenvalue weighted by atomic mass is 32.2. The Morgan fingerprint density at radius 2 is 1.53 bits per heavy atom. The van der Waals surface area contributed by atoms with Crippen LogP contribution in [-0.4, -0.2) is 69.6 Å². The topological polar surface area (TPSA) is 210 Å². The molecule has 0 saturated carbocycles. The van der Waals surface area contributed by atoms with Crippen LogP contribution >= 0.6 is 0 Å². The molecule has 2 atom stereocenters. The van der Waals surface area contributed by atoms with E-state index in [-0.39, 0.29) is 29.9 Å². The summed E-state index contributed by atoms with van der Waals surface area (Å²) in [5.74, 6) is -3.81. The summed E-state index contributed by atoms with van der Waals surface area (Å²) in [4.78, 5) is 61.1. The predicted molar refractivity (Wildman–Crippen MR) is 150 cm³/mol. The molecule has 1 aliphatic rings. The van der Waals surface area contributed by atoms with E-state index in [0.717, 1.165) is 27.4 Å². The van der Waals surface area contributed by atoms with Gasteiger partial charge in [-0.05, 0) is 17.2 Å². The van der Waals surface area contributed by atoms with Gasteiger partial charge in [0.15, 0.2) is 6.17 Å². The number of nitrogens with zero attached hydrogens (tertiary/aromatic N) is 4. The Balaban J connectivity index is 1.73. The van der Waals surface area contributed by atoms with Gasteiger partial charge >= 0.3 is 5.97 Å². The third-order valence-corrected chi connectivity index (χ3v) is 8.45. The average molecular weight is 612 g/mol. The number of carbonyl (C=O) groups excluding carboxylic acids is 2. The molecule has 1 fully saturated rings. The molecule has 1 saturated heterocycles. The van der Waals surface area contributed by atoms with Crippen molar-refractivity contribution in [3.8, 4) is 0 Å². The number of benzene rings is 3. The number of non-ortho nitro benzene ring substituents is 2. The fraction of sp³-hybridized carbons (Fsp3) is 0.222. The Labute approximate surface area is 244 Å². The third-order valence-electron chi connectivity index (χ3n) is 6.66. The van der Waals surface area contributed by atoms with Crippen molar-refractivity contribution in [1.82, 2.24) is 14.5 Å². The van der Waals surface area contributed by atoms with Crippen molar-refractivity contribution in [2.45, 2.75) is 24.4 Å². The second-order valence-electron chi connectivity index (χ2n) is 9.54. The summed E-state index contributed by atoms with van der Waals surface area (Å²) in [6.07, 6.45) is -2.51. The summed E-state index contributed by atoms with van der Waals surface area (Å²) in [5.41, 5.74) is -0.455. The van der Waals surface area contributed by atoms with Crippen molar-refractivity contribution in [2.24, 2.45) is 0 Å². The number of nitro benzene ring substituents is 2. The van der Waals surface area contributed by atoms with E-state index in [1.54, 1.807) is 30.3 Å². The number of carboxylic acid groups (broad SMARTS) is 1. The minimum atomic E-state index is -4.25. The van der Waals surface area contributed by atoms with Gasteiger partial charge in [0.1, 0.15) is 0 Å². The molecule has 2 amide bonds. The highest BCUT2D eigenvalue weighted by Gasteiger charge is 2.46. The molecule has 15 nitrogen and oxygen atoms in total. The van der Waals surface area contributed by atoms with E-state index in [1.807, 2.05) is 0 Å². The summed E-state index contributed by atoms with van der Waals surface area (Å²) >= 11 is 0. The molecule has 0 aromatic heterocycles. The summed E-state index contributed by atoms with van der Waals surface area (Å²) in [6.45, 7) is -0.553. The Bertz CT molecular complexity index is 1680. The Hall–Kier alpha value is -5.22. The summed E-state index contributed by atoms with van der Waals surface area (Å²) < 4.78 is 28.0. The zero-order valence-electron chi connectivity index (χ0n) is 22.3. The number of carboxylic acids is 1. The normalized spacial score (nSPS) is 15.9. The molecule has 0 spiro atoms. The van der Waals surface area contributed by atoms with E-state index in [2.05, 4.69) is 5.32 Å². The van der Waals surface area contributed by atoms with Crippen LogP contribution in [0, 0.1) is 20.2 Å². The van der Waals surface area contributed by atoms with Crippen LogP contribution in [0.1, 0.15) is 33.9 Å². The smallest absolute Gasteiger partial charge is 0.305 e. The molecule has 2 unspecified atom stereocenters. The van der Waals surface area contributed by atoms with E-state index in [4.69, 9.17) is 0 Å². The molecule has 43 heavy (non-hydrogen) atoms. The molecule has 16 heteroatoms. The lowest BCUT2D eigenvalue weighted by atomic mass is 10.0. The number of aliphatic carboxylic acids is 1. The summed E-state index contributed by atoms with van der Waals surface area (Å²) in [7, 11) is -4.25. The number of nitro groups is 2. The highest BCUT2D eigenvalue weighted by Crippen LogP contribution is 2.27. The first-order valence-electron chi connectivity index (χ1n) is 12.7. The van der Waals surface area contributed by atoms with Crippen LogP contribution in [0.15, 0.2) is 78.9 Å². The number of carbonyl (C=O) groups is 3. The van der Waals surface area contributed by atoms with Crippen LogP contribution in [0.25, 0.3) is 0 Å². The van der Waals surface area contributed by atoms with E-state index in [0.29, 0.717) is 5.56 Å². The molecular weight excluding hydrogens is 586 g/mol. The van der Waals surface area contributed by atoms with Crippen LogP contribution in [-0.2, 0) is 25.4 Å². The molecule has 3 aromatic carbocycles. The highest BCUT2D eigenvalue weighted by molar-refractivity contribution is 7.88. The van der Waals surface area contributed by atoms with Crippen LogP contribution in [0.5, 0.6) is 0 Å². The van der Waals surface area contributed by atoms with E-state index in [9.17, 15) is 48.1 Å². The number of nitrogens with one attached hydrogen (secondary N) is 1. The Morgan fingerprint density at radius 3 is 2.16 bits per heavy atom. The van der Waals surface area contributed by atoms with Gasteiger partial charge in [-0.3, -0.25) is 34.6 Å². The molecule has 2 N–H and O–H groups in total. The molecule has 0 bridgehead atoms. The van der Waals surface area contributed by atoms with Gasteiger partial charge in [0.25, 0.3) is 23.2 Å². The minimum absolute atomic E-state index is 0.0678. The van der Waals surface area contributed by atoms with Gasteiger partial charge in [-0.25, -0.2) is 8.42 Å². The standard InChI is InChI=1S/C27H25N5O10S/c33-24(34)16-23(19-8-4-10-21(14-19)31(37)38)28-25(35)26-29(27(36)20-9-5-11-22(15-20)32(39)40)12-13-30(26)43(41,42)17-18-6-2-1-3-7-18/h1-11,14-15,23,26H,12-13,16-17H2,(H,28,35)(H,33,34). The average Bonchev–Trinajstić information content (AvgIpc) is 3.43. The zero-order valence-corrected chi connectivity index (χ0v) is 23.1. The van der Waals surface area contributed by atoms with Crippen LogP contribution < -0.4 is 5.32 Å². The number of amides is 2. The van der Waals surface area contributed by atoms with Gasteiger partial charge in [0, 0.05) is 42.9 Å². The number of rotatable bonds is 11. The van der Waals surface area contributed by atoms with Crippen molar-refractivity contribution in [3.63, 3.8) is 0 Å². The fourth-order valence-electron chi connectivity index (χ4n) is 4.70. The number of hydrogen-bond acceptors (Lipinski definition) is 9. The molecule has 0 radical (unpaired) electrons. The van der Waals surface area contributed by atoms with E-state index < -0.39 is 67.7 Å². The maximum atomic E-state index is 13.8. The maximum Gasteiger partial charge on any atom is 0.305 e. The molecule has 1 heterocycles. The molecule has 3 aromatic rings. The molecule has 224 valence electrons. The monoisotopic (exact) mass is 611 g/mol. The lowest BCUT2D eigenvalue weighted by Crippen LogP contribution is -2.54. The quantitative estimate of drug-likeness (QED) is 0.239. The number of hydrogen-bond donors (Lipinski definition) is 2.